The van der Waals surface area contributed by atoms with Crippen LogP contribution in [0, 0.1) is 0 Å². The van der Waals surface area contributed by atoms with Crippen molar-refractivity contribution >= 4 is 21.1 Å². The fourth-order valence-corrected chi connectivity index (χ4v) is 5.57. The molecule has 0 aromatic heterocycles. The van der Waals surface area contributed by atoms with Crippen LogP contribution in [-0.4, -0.2) is 34.4 Å². The molecule has 1 fully saturated rings. The van der Waals surface area contributed by atoms with Gasteiger partial charge in [-0.3, -0.25) is 0 Å². The van der Waals surface area contributed by atoms with Crippen LogP contribution in [0.4, 0.5) is 0 Å². The summed E-state index contributed by atoms with van der Waals surface area (Å²) < 4.78 is 8.32. The first-order chi connectivity index (χ1) is 7.41. The first-order valence-electron chi connectivity index (χ1n) is 6.70. The van der Waals surface area contributed by atoms with Gasteiger partial charge in [0.05, 0.1) is 0 Å². The molecule has 0 bridgehead atoms. The SMILES string of the molecule is C1CCOCC1.CCC[CH2][Sn][CH2]CCC. The Kier molecular flexibility index (Phi) is 15.5. The van der Waals surface area contributed by atoms with Crippen molar-refractivity contribution in [2.75, 3.05) is 13.2 Å². The molecule has 0 saturated carbocycles. The first kappa shape index (κ1) is 15.8. The molecular weight excluding hydrogens is 291 g/mol. The number of hydrogen-bond acceptors (Lipinski definition) is 1. The summed E-state index contributed by atoms with van der Waals surface area (Å²) in [6.07, 6.45) is 9.77. The summed E-state index contributed by atoms with van der Waals surface area (Å²) in [4.78, 5) is 0. The molecule has 1 aliphatic rings. The third-order valence-corrected chi connectivity index (χ3v) is 6.53. The monoisotopic (exact) mass is 320 g/mol. The molecule has 1 rings (SSSR count). The zero-order chi connectivity index (χ0) is 11.2. The Balaban J connectivity index is 0.000000280. The van der Waals surface area contributed by atoms with Crippen molar-refractivity contribution in [2.45, 2.75) is 67.7 Å². The maximum atomic E-state index is 5.07. The zero-order valence-corrected chi connectivity index (χ0v) is 13.5. The summed E-state index contributed by atoms with van der Waals surface area (Å²) in [5.41, 5.74) is 0. The molecular formula is C13H28OSn. The number of rotatable bonds is 6. The first-order valence-corrected chi connectivity index (χ1v) is 10.7. The standard InChI is InChI=1S/C5H10O.2C4H9.Sn/c1-2-4-6-5-3-1;2*1-3-4-2;/h1-5H2;2*1,3-4H2,2H3;. The normalized spacial score (nSPS) is 15.6. The molecule has 0 N–H and O–H groups in total. The van der Waals surface area contributed by atoms with Gasteiger partial charge in [-0.25, -0.2) is 0 Å². The Hall–Kier alpha value is 0.759. The van der Waals surface area contributed by atoms with E-state index < -0.39 is 0 Å². The fourth-order valence-electron chi connectivity index (χ4n) is 1.42. The van der Waals surface area contributed by atoms with Gasteiger partial charge in [0.25, 0.3) is 0 Å². The minimum atomic E-state index is 0.149. The van der Waals surface area contributed by atoms with E-state index in [9.17, 15) is 0 Å². The predicted octanol–water partition coefficient (Wildman–Crippen LogP) is 4.31. The molecule has 1 saturated heterocycles. The molecule has 2 radical (unpaired) electrons. The van der Waals surface area contributed by atoms with Gasteiger partial charge in [0.1, 0.15) is 0 Å². The van der Waals surface area contributed by atoms with Gasteiger partial charge in [0.15, 0.2) is 0 Å². The van der Waals surface area contributed by atoms with Crippen LogP contribution >= 0.6 is 0 Å². The molecule has 0 spiro atoms. The molecule has 0 aromatic carbocycles. The third-order valence-electron chi connectivity index (χ3n) is 2.49. The van der Waals surface area contributed by atoms with Crippen LogP contribution in [0.3, 0.4) is 0 Å². The average molecular weight is 319 g/mol. The second kappa shape index (κ2) is 14.8. The quantitative estimate of drug-likeness (QED) is 0.523. The number of unbranched alkanes of at least 4 members (excludes halogenated alkanes) is 2. The Labute approximate surface area is 107 Å². The molecule has 2 heteroatoms. The van der Waals surface area contributed by atoms with Gasteiger partial charge in [0.2, 0.25) is 0 Å². The van der Waals surface area contributed by atoms with Gasteiger partial charge in [-0.05, 0) is 19.3 Å². The molecule has 0 aliphatic carbocycles. The molecule has 1 nitrogen and oxygen atoms in total. The number of hydrogen-bond donors (Lipinski definition) is 0. The molecule has 0 unspecified atom stereocenters. The van der Waals surface area contributed by atoms with Gasteiger partial charge in [-0.15, -0.1) is 0 Å². The molecule has 0 atom stereocenters. The second-order valence-corrected chi connectivity index (χ2v) is 8.41. The van der Waals surface area contributed by atoms with Crippen LogP contribution < -0.4 is 0 Å². The van der Waals surface area contributed by atoms with E-state index in [1.807, 2.05) is 0 Å². The van der Waals surface area contributed by atoms with E-state index in [1.165, 1.54) is 44.9 Å². The van der Waals surface area contributed by atoms with Gasteiger partial charge < -0.3 is 4.74 Å². The van der Waals surface area contributed by atoms with Crippen LogP contribution in [0.5, 0.6) is 0 Å². The number of ether oxygens (including phenoxy) is 1. The van der Waals surface area contributed by atoms with Crippen molar-refractivity contribution in [2.24, 2.45) is 0 Å². The second-order valence-electron chi connectivity index (χ2n) is 4.13. The minimum absolute atomic E-state index is 0.149. The van der Waals surface area contributed by atoms with Crippen molar-refractivity contribution in [3.05, 3.63) is 0 Å². The summed E-state index contributed by atoms with van der Waals surface area (Å²) in [6.45, 7) is 6.58. The van der Waals surface area contributed by atoms with E-state index in [4.69, 9.17) is 4.74 Å². The van der Waals surface area contributed by atoms with Gasteiger partial charge in [-0.2, -0.15) is 0 Å². The van der Waals surface area contributed by atoms with Crippen LogP contribution in [0.15, 0.2) is 0 Å². The fraction of sp³-hybridized carbons (Fsp3) is 1.00. The van der Waals surface area contributed by atoms with Crippen LogP contribution in [-0.2, 0) is 4.74 Å². The van der Waals surface area contributed by atoms with E-state index in [0.717, 1.165) is 13.2 Å². The average Bonchev–Trinajstić information content (AvgIpc) is 2.32. The van der Waals surface area contributed by atoms with Gasteiger partial charge in [-0.1, -0.05) is 0 Å². The van der Waals surface area contributed by atoms with Crippen LogP contribution in [0.1, 0.15) is 58.8 Å². The Morgan fingerprint density at radius 2 is 1.40 bits per heavy atom. The molecule has 1 aliphatic heterocycles. The van der Waals surface area contributed by atoms with Crippen molar-refractivity contribution in [1.29, 1.82) is 0 Å². The van der Waals surface area contributed by atoms with Crippen LogP contribution in [0.2, 0.25) is 8.87 Å². The molecule has 0 amide bonds. The molecule has 90 valence electrons. The summed E-state index contributed by atoms with van der Waals surface area (Å²) in [6, 6.07) is 0. The van der Waals surface area contributed by atoms with E-state index in [-0.39, 0.29) is 21.1 Å². The maximum absolute atomic E-state index is 5.07. The summed E-state index contributed by atoms with van der Waals surface area (Å²) in [5, 5.41) is 0. The third kappa shape index (κ3) is 14.8. The topological polar surface area (TPSA) is 9.23 Å². The van der Waals surface area contributed by atoms with Crippen LogP contribution in [0.25, 0.3) is 0 Å². The summed E-state index contributed by atoms with van der Waals surface area (Å²) in [7, 11) is 0. The zero-order valence-electron chi connectivity index (χ0n) is 10.7. The van der Waals surface area contributed by atoms with Crippen molar-refractivity contribution < 1.29 is 4.74 Å². The van der Waals surface area contributed by atoms with E-state index >= 15 is 0 Å². The van der Waals surface area contributed by atoms with Gasteiger partial charge >= 0.3 is 69.5 Å². The molecule has 0 aromatic rings. The van der Waals surface area contributed by atoms with Crippen molar-refractivity contribution in [1.82, 2.24) is 0 Å². The van der Waals surface area contributed by atoms with Gasteiger partial charge in [0, 0.05) is 13.2 Å². The van der Waals surface area contributed by atoms with E-state index in [1.54, 1.807) is 8.87 Å². The van der Waals surface area contributed by atoms with Crippen molar-refractivity contribution in [3.8, 4) is 0 Å². The van der Waals surface area contributed by atoms with Crippen molar-refractivity contribution in [3.63, 3.8) is 0 Å². The summed E-state index contributed by atoms with van der Waals surface area (Å²) >= 11 is 0.149. The Morgan fingerprint density at radius 3 is 1.67 bits per heavy atom. The van der Waals surface area contributed by atoms with E-state index in [2.05, 4.69) is 13.8 Å². The molecule has 1 heterocycles. The Bertz CT molecular complexity index is 85.2. The Morgan fingerprint density at radius 1 is 0.867 bits per heavy atom. The van der Waals surface area contributed by atoms with E-state index in [0.29, 0.717) is 0 Å². The predicted molar refractivity (Wildman–Crippen MR) is 69.9 cm³/mol. The molecule has 15 heavy (non-hydrogen) atoms. The summed E-state index contributed by atoms with van der Waals surface area (Å²) in [5.74, 6) is 0.